The fraction of sp³-hybridized carbons (Fsp3) is 0.769. The summed E-state index contributed by atoms with van der Waals surface area (Å²) in [6.45, 7) is 7.46. The average molecular weight is 545 g/mol. The molecule has 0 heterocycles. The third-order valence-corrected chi connectivity index (χ3v) is 5.26. The van der Waals surface area contributed by atoms with Crippen molar-refractivity contribution in [1.82, 2.24) is 10.6 Å². The predicted octanol–water partition coefficient (Wildman–Crippen LogP) is 2.11. The zero-order valence-corrected chi connectivity index (χ0v) is 23.1. The van der Waals surface area contributed by atoms with Crippen LogP contribution in [-0.4, -0.2) is 74.2 Å². The summed E-state index contributed by atoms with van der Waals surface area (Å²) in [5.41, 5.74) is 0. The first-order chi connectivity index (χ1) is 18.2. The van der Waals surface area contributed by atoms with Crippen LogP contribution >= 0.6 is 0 Å². The van der Waals surface area contributed by atoms with E-state index in [0.29, 0.717) is 25.7 Å². The second-order valence-electron chi connectivity index (χ2n) is 8.35. The quantitative estimate of drug-likeness (QED) is 0.124. The van der Waals surface area contributed by atoms with Crippen molar-refractivity contribution >= 4 is 35.7 Å². The Bertz CT molecular complexity index is 694. The zero-order chi connectivity index (χ0) is 28.8. The normalized spacial score (nSPS) is 12.0. The number of esters is 4. The zero-order valence-electron chi connectivity index (χ0n) is 23.1. The van der Waals surface area contributed by atoms with E-state index in [2.05, 4.69) is 10.6 Å². The van der Waals surface area contributed by atoms with Crippen LogP contribution in [0.4, 0.5) is 0 Å². The first-order valence-corrected chi connectivity index (χ1v) is 13.4. The minimum atomic E-state index is -0.924. The number of hydrogen-bond donors (Lipinski definition) is 2. The summed E-state index contributed by atoms with van der Waals surface area (Å²) in [5.74, 6) is -2.76. The van der Waals surface area contributed by atoms with Crippen molar-refractivity contribution < 1.29 is 47.7 Å². The molecule has 12 nitrogen and oxygen atoms in total. The Morgan fingerprint density at radius 3 is 1.16 bits per heavy atom. The highest BCUT2D eigenvalue weighted by Gasteiger charge is 2.24. The number of hydrogen-bond acceptors (Lipinski definition) is 10. The molecule has 38 heavy (non-hydrogen) atoms. The van der Waals surface area contributed by atoms with E-state index >= 15 is 0 Å². The van der Waals surface area contributed by atoms with Crippen LogP contribution in [0.3, 0.4) is 0 Å². The van der Waals surface area contributed by atoms with Gasteiger partial charge in [-0.3, -0.25) is 19.2 Å². The SMILES string of the molecule is CCOC(=O)CC[C@H](NC(=O)CCCCCCC(=O)N[C@@H](CCC(=O)OCC)C(=O)OCC)C(=O)OCC. The van der Waals surface area contributed by atoms with Crippen LogP contribution in [0.1, 0.15) is 91.9 Å². The Morgan fingerprint density at radius 1 is 0.500 bits per heavy atom. The smallest absolute Gasteiger partial charge is 0.328 e. The van der Waals surface area contributed by atoms with Crippen LogP contribution in [0.15, 0.2) is 0 Å². The molecule has 0 aromatic rings. The fourth-order valence-corrected chi connectivity index (χ4v) is 3.43. The Kier molecular flexibility index (Phi) is 20.0. The van der Waals surface area contributed by atoms with E-state index in [1.807, 2.05) is 0 Å². The molecule has 0 saturated carbocycles. The summed E-state index contributed by atoms with van der Waals surface area (Å²) >= 11 is 0. The van der Waals surface area contributed by atoms with Crippen LogP contribution in [0.2, 0.25) is 0 Å². The van der Waals surface area contributed by atoms with E-state index in [0.717, 1.165) is 0 Å². The lowest BCUT2D eigenvalue weighted by molar-refractivity contribution is -0.149. The van der Waals surface area contributed by atoms with Gasteiger partial charge in [-0.15, -0.1) is 0 Å². The van der Waals surface area contributed by atoms with E-state index in [-0.39, 0.29) is 76.8 Å². The van der Waals surface area contributed by atoms with Gasteiger partial charge in [-0.1, -0.05) is 12.8 Å². The van der Waals surface area contributed by atoms with Crippen molar-refractivity contribution in [1.29, 1.82) is 0 Å². The van der Waals surface area contributed by atoms with Gasteiger partial charge in [0, 0.05) is 25.7 Å². The highest BCUT2D eigenvalue weighted by Crippen LogP contribution is 2.09. The molecule has 0 fully saturated rings. The monoisotopic (exact) mass is 544 g/mol. The summed E-state index contributed by atoms with van der Waals surface area (Å²) in [6.07, 6.45) is 2.96. The van der Waals surface area contributed by atoms with E-state index in [4.69, 9.17) is 18.9 Å². The maximum absolute atomic E-state index is 12.3. The Morgan fingerprint density at radius 2 is 0.842 bits per heavy atom. The van der Waals surface area contributed by atoms with Crippen molar-refractivity contribution in [3.63, 3.8) is 0 Å². The molecule has 0 saturated heterocycles. The lowest BCUT2D eigenvalue weighted by Crippen LogP contribution is -2.42. The maximum atomic E-state index is 12.3. The largest absolute Gasteiger partial charge is 0.466 e. The van der Waals surface area contributed by atoms with Gasteiger partial charge in [0.15, 0.2) is 0 Å². The maximum Gasteiger partial charge on any atom is 0.328 e. The summed E-state index contributed by atoms with van der Waals surface area (Å²) < 4.78 is 19.7. The van der Waals surface area contributed by atoms with Crippen molar-refractivity contribution in [3.8, 4) is 0 Å². The molecular weight excluding hydrogens is 500 g/mol. The molecule has 0 spiro atoms. The number of carbonyl (C=O) groups excluding carboxylic acids is 6. The molecule has 2 N–H and O–H groups in total. The van der Waals surface area contributed by atoms with E-state index in [1.165, 1.54) is 0 Å². The van der Waals surface area contributed by atoms with E-state index in [9.17, 15) is 28.8 Å². The highest BCUT2D eigenvalue weighted by molar-refractivity contribution is 5.85. The van der Waals surface area contributed by atoms with Crippen molar-refractivity contribution in [2.45, 2.75) is 104 Å². The van der Waals surface area contributed by atoms with Gasteiger partial charge < -0.3 is 29.6 Å². The van der Waals surface area contributed by atoms with Crippen LogP contribution in [0.25, 0.3) is 0 Å². The minimum Gasteiger partial charge on any atom is -0.466 e. The lowest BCUT2D eigenvalue weighted by Gasteiger charge is -2.17. The summed E-state index contributed by atoms with van der Waals surface area (Å²) in [7, 11) is 0. The molecule has 0 unspecified atom stereocenters. The van der Waals surface area contributed by atoms with Crippen LogP contribution in [0, 0.1) is 0 Å². The number of carbonyl (C=O) groups is 6. The predicted molar refractivity (Wildman–Crippen MR) is 137 cm³/mol. The summed E-state index contributed by atoms with van der Waals surface area (Å²) in [4.78, 5) is 72.0. The molecule has 0 bridgehead atoms. The summed E-state index contributed by atoms with van der Waals surface area (Å²) in [5, 5.41) is 5.23. The van der Waals surface area contributed by atoms with E-state index in [1.54, 1.807) is 27.7 Å². The second kappa shape index (κ2) is 21.9. The molecule has 0 rings (SSSR count). The molecule has 0 radical (unpaired) electrons. The first kappa shape index (κ1) is 34.8. The van der Waals surface area contributed by atoms with Crippen molar-refractivity contribution in [2.24, 2.45) is 0 Å². The molecule has 2 amide bonds. The summed E-state index contributed by atoms with van der Waals surface area (Å²) in [6, 6.07) is -1.85. The second-order valence-corrected chi connectivity index (χ2v) is 8.35. The first-order valence-electron chi connectivity index (χ1n) is 13.4. The van der Waals surface area contributed by atoms with Crippen LogP contribution in [-0.2, 0) is 47.7 Å². The van der Waals surface area contributed by atoms with Crippen molar-refractivity contribution in [3.05, 3.63) is 0 Å². The molecule has 218 valence electrons. The third kappa shape index (κ3) is 17.3. The topological polar surface area (TPSA) is 163 Å². The van der Waals surface area contributed by atoms with Crippen LogP contribution < -0.4 is 10.6 Å². The van der Waals surface area contributed by atoms with Crippen LogP contribution in [0.5, 0.6) is 0 Å². The molecule has 0 aliphatic heterocycles. The standard InChI is InChI=1S/C26H44N2O10/c1-5-35-23(31)17-15-19(25(33)37-7-3)27-21(29)13-11-9-10-12-14-22(30)28-20(26(34)38-8-4)16-18-24(32)36-6-2/h19-20H,5-18H2,1-4H3,(H,27,29)(H,28,30)/t19-,20-/m0/s1. The van der Waals surface area contributed by atoms with Gasteiger partial charge in [-0.05, 0) is 53.4 Å². The number of unbranched alkanes of at least 4 members (excludes halogenated alkanes) is 3. The minimum absolute atomic E-state index is 0.0144. The van der Waals surface area contributed by atoms with E-state index < -0.39 is 36.0 Å². The highest BCUT2D eigenvalue weighted by atomic mass is 16.5. The van der Waals surface area contributed by atoms with Gasteiger partial charge in [-0.25, -0.2) is 9.59 Å². The van der Waals surface area contributed by atoms with Gasteiger partial charge in [0.2, 0.25) is 11.8 Å². The van der Waals surface area contributed by atoms with Gasteiger partial charge >= 0.3 is 23.9 Å². The van der Waals surface area contributed by atoms with Gasteiger partial charge in [0.05, 0.1) is 26.4 Å². The van der Waals surface area contributed by atoms with Gasteiger partial charge in [0.1, 0.15) is 12.1 Å². The van der Waals surface area contributed by atoms with Gasteiger partial charge in [0.25, 0.3) is 0 Å². The fourth-order valence-electron chi connectivity index (χ4n) is 3.43. The number of amides is 2. The molecule has 0 aromatic carbocycles. The Labute approximate surface area is 224 Å². The van der Waals surface area contributed by atoms with Crippen molar-refractivity contribution in [2.75, 3.05) is 26.4 Å². The molecule has 0 aliphatic carbocycles. The molecule has 12 heteroatoms. The Balaban J connectivity index is 4.40. The lowest BCUT2D eigenvalue weighted by atomic mass is 10.1. The molecule has 2 atom stereocenters. The molecule has 0 aliphatic rings. The molecule has 0 aromatic heterocycles. The average Bonchev–Trinajstić information content (AvgIpc) is 2.86. The number of rotatable bonds is 21. The number of ether oxygens (including phenoxy) is 4. The number of nitrogens with one attached hydrogen (secondary N) is 2. The molecular formula is C26H44N2O10. The Hall–Kier alpha value is -3.18. The van der Waals surface area contributed by atoms with Gasteiger partial charge in [-0.2, -0.15) is 0 Å². The third-order valence-electron chi connectivity index (χ3n) is 5.26.